The minimum absolute atomic E-state index is 0.0383. The van der Waals surface area contributed by atoms with Crippen LogP contribution in [0.4, 0.5) is 13.2 Å². The lowest BCUT2D eigenvalue weighted by molar-refractivity contribution is -0.131. The highest BCUT2D eigenvalue weighted by molar-refractivity contribution is 9.09. The number of hydrogen-bond donors (Lipinski definition) is 0. The van der Waals surface area contributed by atoms with Crippen molar-refractivity contribution in [3.05, 3.63) is 0 Å². The Morgan fingerprint density at radius 2 is 2.12 bits per heavy atom. The van der Waals surface area contributed by atoms with Gasteiger partial charge < -0.3 is 9.64 Å². The summed E-state index contributed by atoms with van der Waals surface area (Å²) in [4.78, 5) is 0.205. The van der Waals surface area contributed by atoms with Gasteiger partial charge in [0, 0.05) is 19.7 Å². The Morgan fingerprint density at radius 3 is 2.62 bits per heavy atom. The van der Waals surface area contributed by atoms with Gasteiger partial charge in [-0.05, 0) is 26.3 Å². The van der Waals surface area contributed by atoms with Crippen LogP contribution >= 0.6 is 15.9 Å². The van der Waals surface area contributed by atoms with Crippen LogP contribution in [0.3, 0.4) is 0 Å². The zero-order chi connectivity index (χ0) is 12.2. The first-order valence-corrected chi connectivity index (χ1v) is 6.32. The van der Waals surface area contributed by atoms with Crippen LogP contribution in [-0.2, 0) is 4.74 Å². The summed E-state index contributed by atoms with van der Waals surface area (Å²) in [6.07, 6.45) is -0.976. The Hall–Kier alpha value is 0.190. The normalized spacial score (nSPS) is 24.8. The first-order valence-electron chi connectivity index (χ1n) is 5.40. The molecule has 1 rings (SSSR count). The highest BCUT2D eigenvalue weighted by atomic mass is 79.9. The average molecular weight is 304 g/mol. The predicted molar refractivity (Wildman–Crippen MR) is 59.9 cm³/mol. The highest BCUT2D eigenvalue weighted by Crippen LogP contribution is 2.27. The Bertz CT molecular complexity index is 207. The Morgan fingerprint density at radius 1 is 1.44 bits per heavy atom. The summed E-state index contributed by atoms with van der Waals surface area (Å²) in [5, 5.41) is 0. The van der Waals surface area contributed by atoms with Gasteiger partial charge in [-0.1, -0.05) is 15.9 Å². The first kappa shape index (κ1) is 14.3. The molecule has 1 heterocycles. The molecule has 1 fully saturated rings. The molecule has 1 saturated heterocycles. The van der Waals surface area contributed by atoms with E-state index in [4.69, 9.17) is 4.74 Å². The summed E-state index contributed by atoms with van der Waals surface area (Å²) in [6, 6.07) is 0. The van der Waals surface area contributed by atoms with E-state index < -0.39 is 11.0 Å². The van der Waals surface area contributed by atoms with Crippen LogP contribution in [0.2, 0.25) is 0 Å². The summed E-state index contributed by atoms with van der Waals surface area (Å²) >= 11 is 2.66. The van der Waals surface area contributed by atoms with E-state index in [1.165, 1.54) is 0 Å². The second kappa shape index (κ2) is 6.21. The molecule has 1 aliphatic heterocycles. The van der Waals surface area contributed by atoms with Gasteiger partial charge in [-0.3, -0.25) is 0 Å². The van der Waals surface area contributed by atoms with Crippen LogP contribution in [0, 0.1) is 0 Å². The summed E-state index contributed by atoms with van der Waals surface area (Å²) < 4.78 is 42.3. The molecule has 0 spiro atoms. The van der Waals surface area contributed by atoms with E-state index in [9.17, 15) is 13.2 Å². The average Bonchev–Trinajstić information content (AvgIpc) is 2.17. The molecule has 0 aromatic rings. The number of rotatable bonds is 4. The summed E-state index contributed by atoms with van der Waals surface area (Å²) in [5.74, 6) is 0. The van der Waals surface area contributed by atoms with Gasteiger partial charge in [-0.15, -0.1) is 0 Å². The lowest BCUT2D eigenvalue weighted by Gasteiger charge is -2.28. The first-order chi connectivity index (χ1) is 7.39. The van der Waals surface area contributed by atoms with E-state index in [2.05, 4.69) is 15.9 Å². The Balaban J connectivity index is 2.26. The maximum atomic E-state index is 12.3. The summed E-state index contributed by atoms with van der Waals surface area (Å²) in [7, 11) is 1.69. The van der Waals surface area contributed by atoms with Crippen molar-refractivity contribution in [3.63, 3.8) is 0 Å². The molecular formula is C10H17BrF3NO. The molecule has 0 bridgehead atoms. The third kappa shape index (κ3) is 5.01. The lowest BCUT2D eigenvalue weighted by Crippen LogP contribution is -2.40. The lowest BCUT2D eigenvalue weighted by atomic mass is 10.1. The minimum atomic E-state index is -4.18. The second-order valence-corrected chi connectivity index (χ2v) is 5.32. The Labute approximate surface area is 102 Å². The molecule has 2 unspecified atom stereocenters. The molecule has 0 amide bonds. The van der Waals surface area contributed by atoms with Crippen LogP contribution < -0.4 is 0 Å². The molecule has 96 valence electrons. The fourth-order valence-corrected chi connectivity index (χ4v) is 2.25. The zero-order valence-electron chi connectivity index (χ0n) is 9.26. The van der Waals surface area contributed by atoms with Gasteiger partial charge in [-0.25, -0.2) is 0 Å². The minimum Gasteiger partial charge on any atom is -0.377 e. The van der Waals surface area contributed by atoms with Gasteiger partial charge in [0.1, 0.15) is 4.83 Å². The molecule has 16 heavy (non-hydrogen) atoms. The van der Waals surface area contributed by atoms with Crippen molar-refractivity contribution in [2.24, 2.45) is 0 Å². The van der Waals surface area contributed by atoms with Crippen molar-refractivity contribution >= 4 is 15.9 Å². The molecule has 0 saturated carbocycles. The SMILES string of the molecule is CN(CC1CCCCO1)CC(Br)C(F)(F)F. The smallest absolute Gasteiger partial charge is 0.377 e. The standard InChI is InChI=1S/C10H17BrF3NO/c1-15(7-9(11)10(12,13)14)6-8-4-2-3-5-16-8/h8-9H,2-7H2,1H3. The monoisotopic (exact) mass is 303 g/mol. The quantitative estimate of drug-likeness (QED) is 0.741. The predicted octanol–water partition coefficient (Wildman–Crippen LogP) is 2.81. The largest absolute Gasteiger partial charge is 0.402 e. The van der Waals surface area contributed by atoms with Crippen LogP contribution in [-0.4, -0.2) is 48.8 Å². The number of halogens is 4. The van der Waals surface area contributed by atoms with E-state index in [0.29, 0.717) is 6.54 Å². The molecule has 0 N–H and O–H groups in total. The van der Waals surface area contributed by atoms with Gasteiger partial charge >= 0.3 is 6.18 Å². The van der Waals surface area contributed by atoms with Crippen molar-refractivity contribution in [2.45, 2.75) is 36.4 Å². The molecule has 0 aliphatic carbocycles. The molecule has 0 aromatic carbocycles. The number of nitrogens with zero attached hydrogens (tertiary/aromatic N) is 1. The fraction of sp³-hybridized carbons (Fsp3) is 1.00. The number of alkyl halides is 4. The van der Waals surface area contributed by atoms with E-state index >= 15 is 0 Å². The highest BCUT2D eigenvalue weighted by Gasteiger charge is 2.38. The Kier molecular flexibility index (Phi) is 5.53. The van der Waals surface area contributed by atoms with Gasteiger partial charge in [0.2, 0.25) is 0 Å². The molecule has 2 nitrogen and oxygen atoms in total. The van der Waals surface area contributed by atoms with E-state index in [1.54, 1.807) is 11.9 Å². The fourth-order valence-electron chi connectivity index (χ4n) is 1.75. The van der Waals surface area contributed by atoms with Crippen molar-refractivity contribution in [1.29, 1.82) is 0 Å². The molecule has 2 atom stereocenters. The molecule has 6 heteroatoms. The second-order valence-electron chi connectivity index (χ2n) is 4.22. The third-order valence-corrected chi connectivity index (χ3v) is 3.43. The number of hydrogen-bond acceptors (Lipinski definition) is 2. The van der Waals surface area contributed by atoms with Gasteiger partial charge in [0.15, 0.2) is 0 Å². The van der Waals surface area contributed by atoms with Crippen molar-refractivity contribution < 1.29 is 17.9 Å². The van der Waals surface area contributed by atoms with Crippen LogP contribution in [0.1, 0.15) is 19.3 Å². The van der Waals surface area contributed by atoms with Gasteiger partial charge in [0.05, 0.1) is 6.10 Å². The van der Waals surface area contributed by atoms with Crippen molar-refractivity contribution in [2.75, 3.05) is 26.7 Å². The van der Waals surface area contributed by atoms with E-state index in [0.717, 1.165) is 25.9 Å². The molecule has 0 radical (unpaired) electrons. The number of ether oxygens (including phenoxy) is 1. The maximum absolute atomic E-state index is 12.3. The van der Waals surface area contributed by atoms with E-state index in [-0.39, 0.29) is 12.6 Å². The van der Waals surface area contributed by atoms with Gasteiger partial charge in [0.25, 0.3) is 0 Å². The number of likely N-dealkylation sites (N-methyl/N-ethyl adjacent to an activating group) is 1. The van der Waals surface area contributed by atoms with E-state index in [1.807, 2.05) is 0 Å². The summed E-state index contributed by atoms with van der Waals surface area (Å²) in [5.41, 5.74) is 0. The van der Waals surface area contributed by atoms with Gasteiger partial charge in [-0.2, -0.15) is 13.2 Å². The molecule has 0 aromatic heterocycles. The zero-order valence-corrected chi connectivity index (χ0v) is 10.9. The molecular weight excluding hydrogens is 287 g/mol. The molecule has 1 aliphatic rings. The van der Waals surface area contributed by atoms with Crippen LogP contribution in [0.5, 0.6) is 0 Å². The van der Waals surface area contributed by atoms with Crippen molar-refractivity contribution in [3.8, 4) is 0 Å². The van der Waals surface area contributed by atoms with Crippen LogP contribution in [0.25, 0.3) is 0 Å². The summed E-state index contributed by atoms with van der Waals surface area (Å²) in [6.45, 7) is 1.26. The van der Waals surface area contributed by atoms with Crippen molar-refractivity contribution in [1.82, 2.24) is 4.90 Å². The third-order valence-electron chi connectivity index (χ3n) is 2.62. The maximum Gasteiger partial charge on any atom is 0.402 e. The topological polar surface area (TPSA) is 12.5 Å². The van der Waals surface area contributed by atoms with Crippen LogP contribution in [0.15, 0.2) is 0 Å².